The molecule has 0 bridgehead atoms. The molecule has 74 valence electrons. The van der Waals surface area contributed by atoms with Crippen molar-refractivity contribution in [3.05, 3.63) is 59.2 Å². The zero-order valence-corrected chi connectivity index (χ0v) is 9.92. The first-order chi connectivity index (χ1) is 7.38. The number of halogens is 1. The summed E-state index contributed by atoms with van der Waals surface area (Å²) in [5.74, 6) is 0. The van der Waals surface area contributed by atoms with Crippen LogP contribution in [0.4, 0.5) is 0 Å². The van der Waals surface area contributed by atoms with Gasteiger partial charge in [-0.2, -0.15) is 0 Å². The van der Waals surface area contributed by atoms with E-state index in [0.717, 1.165) is 11.8 Å². The molecule has 1 aliphatic carbocycles. The quantitative estimate of drug-likeness (QED) is 0.576. The first-order valence-corrected chi connectivity index (χ1v) is 6.26. The van der Waals surface area contributed by atoms with Crippen molar-refractivity contribution in [3.8, 4) is 11.1 Å². The minimum absolute atomic E-state index is 0.941. The highest BCUT2D eigenvalue weighted by atomic mass is 79.9. The van der Waals surface area contributed by atoms with Crippen LogP contribution in [0.1, 0.15) is 16.7 Å². The normalized spacial score (nSPS) is 12.3. The van der Waals surface area contributed by atoms with E-state index in [-0.39, 0.29) is 0 Å². The third kappa shape index (κ3) is 1.42. The number of rotatable bonds is 1. The van der Waals surface area contributed by atoms with Gasteiger partial charge in [0.25, 0.3) is 0 Å². The van der Waals surface area contributed by atoms with Crippen LogP contribution in [0.2, 0.25) is 0 Å². The molecule has 3 rings (SSSR count). The Balaban J connectivity index is 2.18. The molecule has 0 nitrogen and oxygen atoms in total. The molecule has 0 spiro atoms. The Labute approximate surface area is 98.1 Å². The van der Waals surface area contributed by atoms with Crippen LogP contribution < -0.4 is 0 Å². The van der Waals surface area contributed by atoms with Crippen molar-refractivity contribution < 1.29 is 0 Å². The zero-order valence-electron chi connectivity index (χ0n) is 8.33. The van der Waals surface area contributed by atoms with Gasteiger partial charge in [-0.25, -0.2) is 0 Å². The van der Waals surface area contributed by atoms with E-state index in [9.17, 15) is 0 Å². The number of alkyl halides is 1. The lowest BCUT2D eigenvalue weighted by atomic mass is 10.0. The average molecular weight is 259 g/mol. The molecule has 0 atom stereocenters. The average Bonchev–Trinajstić information content (AvgIpc) is 2.66. The van der Waals surface area contributed by atoms with Crippen LogP contribution in [0, 0.1) is 0 Å². The van der Waals surface area contributed by atoms with Gasteiger partial charge < -0.3 is 0 Å². The van der Waals surface area contributed by atoms with Crippen LogP contribution in [0.5, 0.6) is 0 Å². The van der Waals surface area contributed by atoms with Gasteiger partial charge in [-0.05, 0) is 34.2 Å². The Kier molecular flexibility index (Phi) is 2.14. The van der Waals surface area contributed by atoms with E-state index in [2.05, 4.69) is 58.4 Å². The van der Waals surface area contributed by atoms with E-state index in [4.69, 9.17) is 0 Å². The molecular formula is C14H11Br. The summed E-state index contributed by atoms with van der Waals surface area (Å²) in [7, 11) is 0. The largest absolute Gasteiger partial charge is 0.0876 e. The summed E-state index contributed by atoms with van der Waals surface area (Å²) in [6, 6.07) is 15.4. The summed E-state index contributed by atoms with van der Waals surface area (Å²) >= 11 is 3.50. The zero-order chi connectivity index (χ0) is 10.3. The molecule has 0 heterocycles. The Morgan fingerprint density at radius 3 is 2.60 bits per heavy atom. The third-order valence-electron chi connectivity index (χ3n) is 3.01. The summed E-state index contributed by atoms with van der Waals surface area (Å²) in [5, 5.41) is 0.941. The van der Waals surface area contributed by atoms with Crippen molar-refractivity contribution in [1.82, 2.24) is 0 Å². The molecule has 0 unspecified atom stereocenters. The number of benzene rings is 2. The smallest absolute Gasteiger partial charge is 0.0283 e. The van der Waals surface area contributed by atoms with Gasteiger partial charge in [-0.15, -0.1) is 0 Å². The van der Waals surface area contributed by atoms with Gasteiger partial charge in [0, 0.05) is 5.33 Å². The topological polar surface area (TPSA) is 0 Å². The van der Waals surface area contributed by atoms with Crippen LogP contribution in [0.15, 0.2) is 42.5 Å². The molecule has 0 saturated carbocycles. The van der Waals surface area contributed by atoms with Crippen LogP contribution in [0.25, 0.3) is 11.1 Å². The first-order valence-electron chi connectivity index (χ1n) is 5.14. The van der Waals surface area contributed by atoms with E-state index in [1.54, 1.807) is 0 Å². The van der Waals surface area contributed by atoms with Gasteiger partial charge >= 0.3 is 0 Å². The Morgan fingerprint density at radius 2 is 1.73 bits per heavy atom. The Hall–Kier alpha value is -1.08. The lowest BCUT2D eigenvalue weighted by Crippen LogP contribution is -1.83. The first kappa shape index (κ1) is 9.17. The molecular weight excluding hydrogens is 248 g/mol. The summed E-state index contributed by atoms with van der Waals surface area (Å²) in [5.41, 5.74) is 7.11. The van der Waals surface area contributed by atoms with Gasteiger partial charge in [0.2, 0.25) is 0 Å². The van der Waals surface area contributed by atoms with E-state index < -0.39 is 0 Å². The van der Waals surface area contributed by atoms with E-state index >= 15 is 0 Å². The molecule has 1 heteroatoms. The highest BCUT2D eigenvalue weighted by molar-refractivity contribution is 9.08. The SMILES string of the molecule is BrCc1ccc2c(c1)Cc1ccccc1-2. The van der Waals surface area contributed by atoms with Crippen LogP contribution in [0.3, 0.4) is 0 Å². The molecule has 0 N–H and O–H groups in total. The molecule has 15 heavy (non-hydrogen) atoms. The molecule has 1 aliphatic rings. The standard InChI is InChI=1S/C14H11Br/c15-9-10-5-6-14-12(7-10)8-11-3-1-2-4-13(11)14/h1-7H,8-9H2. The summed E-state index contributed by atoms with van der Waals surface area (Å²) in [6.45, 7) is 0. The number of fused-ring (bicyclic) bond motifs is 3. The maximum Gasteiger partial charge on any atom is 0.0283 e. The Bertz CT molecular complexity index is 514. The fourth-order valence-corrected chi connectivity index (χ4v) is 2.63. The Morgan fingerprint density at radius 1 is 0.933 bits per heavy atom. The number of hydrogen-bond donors (Lipinski definition) is 0. The minimum atomic E-state index is 0.941. The maximum atomic E-state index is 3.50. The minimum Gasteiger partial charge on any atom is -0.0876 e. The highest BCUT2D eigenvalue weighted by Crippen LogP contribution is 2.36. The fourth-order valence-electron chi connectivity index (χ4n) is 2.28. The van der Waals surface area contributed by atoms with Crippen LogP contribution in [-0.4, -0.2) is 0 Å². The van der Waals surface area contributed by atoms with Crippen molar-refractivity contribution in [2.45, 2.75) is 11.8 Å². The maximum absolute atomic E-state index is 3.50. The van der Waals surface area contributed by atoms with E-state index in [0.29, 0.717) is 0 Å². The monoisotopic (exact) mass is 258 g/mol. The van der Waals surface area contributed by atoms with E-state index in [1.165, 1.54) is 27.8 Å². The van der Waals surface area contributed by atoms with Crippen LogP contribution in [-0.2, 0) is 11.8 Å². The lowest BCUT2D eigenvalue weighted by Gasteiger charge is -2.02. The molecule has 0 aliphatic heterocycles. The molecule has 0 radical (unpaired) electrons. The van der Waals surface area contributed by atoms with Gasteiger partial charge in [0.05, 0.1) is 0 Å². The second kappa shape index (κ2) is 3.49. The molecule has 0 saturated heterocycles. The summed E-state index contributed by atoms with van der Waals surface area (Å²) in [4.78, 5) is 0. The predicted octanol–water partition coefficient (Wildman–Crippen LogP) is 4.15. The van der Waals surface area contributed by atoms with Crippen molar-refractivity contribution >= 4 is 15.9 Å². The van der Waals surface area contributed by atoms with E-state index in [1.807, 2.05) is 0 Å². The van der Waals surface area contributed by atoms with Crippen molar-refractivity contribution in [3.63, 3.8) is 0 Å². The summed E-state index contributed by atoms with van der Waals surface area (Å²) < 4.78 is 0. The third-order valence-corrected chi connectivity index (χ3v) is 3.66. The summed E-state index contributed by atoms with van der Waals surface area (Å²) in [6.07, 6.45) is 1.09. The predicted molar refractivity (Wildman–Crippen MR) is 67.3 cm³/mol. The second-order valence-corrected chi connectivity index (χ2v) is 4.52. The fraction of sp³-hybridized carbons (Fsp3) is 0.143. The van der Waals surface area contributed by atoms with Gasteiger partial charge in [-0.3, -0.25) is 0 Å². The van der Waals surface area contributed by atoms with Crippen LogP contribution >= 0.6 is 15.9 Å². The molecule has 2 aromatic carbocycles. The number of hydrogen-bond acceptors (Lipinski definition) is 0. The molecule has 0 amide bonds. The molecule has 2 aromatic rings. The van der Waals surface area contributed by atoms with Crippen molar-refractivity contribution in [1.29, 1.82) is 0 Å². The lowest BCUT2D eigenvalue weighted by molar-refractivity contribution is 1.24. The van der Waals surface area contributed by atoms with Gasteiger partial charge in [0.15, 0.2) is 0 Å². The van der Waals surface area contributed by atoms with Gasteiger partial charge in [0.1, 0.15) is 0 Å². The highest BCUT2D eigenvalue weighted by Gasteiger charge is 2.17. The van der Waals surface area contributed by atoms with Gasteiger partial charge in [-0.1, -0.05) is 58.4 Å². The second-order valence-electron chi connectivity index (χ2n) is 3.96. The molecule has 0 aromatic heterocycles. The molecule has 0 fully saturated rings. The van der Waals surface area contributed by atoms with Crippen molar-refractivity contribution in [2.24, 2.45) is 0 Å². The van der Waals surface area contributed by atoms with Crippen molar-refractivity contribution in [2.75, 3.05) is 0 Å².